The van der Waals surface area contributed by atoms with Crippen molar-refractivity contribution < 1.29 is 23.9 Å². The van der Waals surface area contributed by atoms with Crippen molar-refractivity contribution in [1.29, 1.82) is 0 Å². The van der Waals surface area contributed by atoms with Crippen molar-refractivity contribution in [3.63, 3.8) is 0 Å². The largest absolute Gasteiger partial charge is 0.496 e. The molecule has 2 rings (SSSR count). The first-order valence-corrected chi connectivity index (χ1v) is 6.82. The van der Waals surface area contributed by atoms with Gasteiger partial charge in [0, 0.05) is 16.7 Å². The number of methoxy groups -OCH3 is 2. The van der Waals surface area contributed by atoms with E-state index in [1.54, 1.807) is 32.9 Å². The first kappa shape index (κ1) is 15.9. The molecule has 0 fully saturated rings. The Labute approximate surface area is 128 Å². The number of allylic oxidation sites excluding steroid dienone is 1. The summed E-state index contributed by atoms with van der Waals surface area (Å²) in [6.07, 6.45) is 1.23. The number of fused-ring (bicyclic) bond motifs is 1. The zero-order valence-electron chi connectivity index (χ0n) is 13.3. The highest BCUT2D eigenvalue weighted by molar-refractivity contribution is 6.26. The predicted molar refractivity (Wildman–Crippen MR) is 80.3 cm³/mol. The topological polar surface area (TPSA) is 69.7 Å². The standard InChI is InChI=1S/C17H18O5/c1-9-6-10-11(7-14(9)21-4)15(19)12(8-13(10)18)17(2,3)16(20)22-5/h6-8H,1-5H3. The van der Waals surface area contributed by atoms with E-state index in [0.29, 0.717) is 11.3 Å². The van der Waals surface area contributed by atoms with E-state index in [1.807, 2.05) is 0 Å². The second-order valence-electron chi connectivity index (χ2n) is 5.74. The van der Waals surface area contributed by atoms with Gasteiger partial charge in [0.05, 0.1) is 19.6 Å². The Morgan fingerprint density at radius 2 is 1.73 bits per heavy atom. The van der Waals surface area contributed by atoms with Crippen molar-refractivity contribution in [3.8, 4) is 5.75 Å². The van der Waals surface area contributed by atoms with Gasteiger partial charge in [-0.15, -0.1) is 0 Å². The molecule has 0 N–H and O–H groups in total. The Kier molecular flexibility index (Phi) is 3.92. The van der Waals surface area contributed by atoms with Crippen LogP contribution in [0.1, 0.15) is 40.1 Å². The van der Waals surface area contributed by atoms with E-state index in [2.05, 4.69) is 0 Å². The average Bonchev–Trinajstić information content (AvgIpc) is 2.49. The van der Waals surface area contributed by atoms with Crippen LogP contribution < -0.4 is 4.74 Å². The number of carbonyl (C=O) groups is 3. The molecule has 5 nitrogen and oxygen atoms in total. The van der Waals surface area contributed by atoms with E-state index in [4.69, 9.17) is 9.47 Å². The number of ether oxygens (including phenoxy) is 2. The van der Waals surface area contributed by atoms with Gasteiger partial charge in [0.15, 0.2) is 11.6 Å². The Morgan fingerprint density at radius 3 is 2.27 bits per heavy atom. The summed E-state index contributed by atoms with van der Waals surface area (Å²) in [7, 11) is 2.75. The summed E-state index contributed by atoms with van der Waals surface area (Å²) in [4.78, 5) is 37.0. The summed E-state index contributed by atoms with van der Waals surface area (Å²) < 4.78 is 9.95. The normalized spacial score (nSPS) is 14.3. The van der Waals surface area contributed by atoms with Gasteiger partial charge in [-0.25, -0.2) is 0 Å². The van der Waals surface area contributed by atoms with Gasteiger partial charge in [0.1, 0.15) is 5.75 Å². The van der Waals surface area contributed by atoms with Crippen molar-refractivity contribution in [3.05, 3.63) is 40.5 Å². The number of hydrogen-bond acceptors (Lipinski definition) is 5. The minimum Gasteiger partial charge on any atom is -0.496 e. The van der Waals surface area contributed by atoms with Crippen LogP contribution in [0.2, 0.25) is 0 Å². The molecule has 0 atom stereocenters. The molecule has 0 heterocycles. The molecule has 1 aromatic rings. The number of esters is 1. The molecule has 0 spiro atoms. The minimum atomic E-state index is -1.20. The van der Waals surface area contributed by atoms with Gasteiger partial charge < -0.3 is 9.47 Å². The zero-order chi connectivity index (χ0) is 16.7. The van der Waals surface area contributed by atoms with Gasteiger partial charge in [0.2, 0.25) is 0 Å². The molecule has 22 heavy (non-hydrogen) atoms. The van der Waals surface area contributed by atoms with Crippen LogP contribution in [-0.4, -0.2) is 31.8 Å². The van der Waals surface area contributed by atoms with Gasteiger partial charge in [-0.1, -0.05) is 0 Å². The summed E-state index contributed by atoms with van der Waals surface area (Å²) in [6, 6.07) is 3.18. The smallest absolute Gasteiger partial charge is 0.315 e. The molecule has 0 bridgehead atoms. The minimum absolute atomic E-state index is 0.128. The summed E-state index contributed by atoms with van der Waals surface area (Å²) in [5.41, 5.74) is 0.279. The maximum absolute atomic E-state index is 12.7. The van der Waals surface area contributed by atoms with Crippen molar-refractivity contribution in [2.75, 3.05) is 14.2 Å². The lowest BCUT2D eigenvalue weighted by atomic mass is 9.75. The SMILES string of the molecule is COC(=O)C(C)(C)C1=CC(=O)c2cc(C)c(OC)cc2C1=O. The van der Waals surface area contributed by atoms with Crippen LogP contribution in [0.5, 0.6) is 5.75 Å². The lowest BCUT2D eigenvalue weighted by molar-refractivity contribution is -0.148. The summed E-state index contributed by atoms with van der Waals surface area (Å²) in [5, 5.41) is 0. The molecule has 0 amide bonds. The maximum atomic E-state index is 12.7. The third-order valence-electron chi connectivity index (χ3n) is 3.93. The van der Waals surface area contributed by atoms with Gasteiger partial charge in [0.25, 0.3) is 0 Å². The number of ketones is 2. The molecule has 5 heteroatoms. The monoisotopic (exact) mass is 302 g/mol. The fourth-order valence-corrected chi connectivity index (χ4v) is 2.55. The van der Waals surface area contributed by atoms with Gasteiger partial charge >= 0.3 is 5.97 Å². The zero-order valence-corrected chi connectivity index (χ0v) is 13.3. The second kappa shape index (κ2) is 5.40. The Balaban J connectivity index is 2.61. The van der Waals surface area contributed by atoms with E-state index >= 15 is 0 Å². The van der Waals surface area contributed by atoms with E-state index in [-0.39, 0.29) is 22.7 Å². The molecule has 0 saturated heterocycles. The Bertz CT molecular complexity index is 710. The van der Waals surface area contributed by atoms with Crippen LogP contribution in [0.15, 0.2) is 23.8 Å². The first-order valence-electron chi connectivity index (χ1n) is 6.82. The fourth-order valence-electron chi connectivity index (χ4n) is 2.55. The molecule has 0 unspecified atom stereocenters. The predicted octanol–water partition coefficient (Wildman–Crippen LogP) is 2.51. The number of rotatable bonds is 3. The summed E-state index contributed by atoms with van der Waals surface area (Å²) in [5.74, 6) is -0.699. The van der Waals surface area contributed by atoms with Crippen LogP contribution in [0.4, 0.5) is 0 Å². The van der Waals surface area contributed by atoms with Gasteiger partial charge in [-0.2, -0.15) is 0 Å². The van der Waals surface area contributed by atoms with Crippen LogP contribution in [-0.2, 0) is 9.53 Å². The lowest BCUT2D eigenvalue weighted by Gasteiger charge is -2.27. The maximum Gasteiger partial charge on any atom is 0.315 e. The van der Waals surface area contributed by atoms with Crippen LogP contribution in [0.25, 0.3) is 0 Å². The van der Waals surface area contributed by atoms with E-state index in [9.17, 15) is 14.4 Å². The molecule has 116 valence electrons. The molecule has 1 aliphatic carbocycles. The highest BCUT2D eigenvalue weighted by atomic mass is 16.5. The van der Waals surface area contributed by atoms with Crippen LogP contribution in [0.3, 0.4) is 0 Å². The Morgan fingerprint density at radius 1 is 1.09 bits per heavy atom. The number of benzene rings is 1. The highest BCUT2D eigenvalue weighted by Gasteiger charge is 2.41. The number of hydrogen-bond donors (Lipinski definition) is 0. The number of aryl methyl sites for hydroxylation is 1. The van der Waals surface area contributed by atoms with E-state index in [1.165, 1.54) is 20.3 Å². The van der Waals surface area contributed by atoms with Crippen LogP contribution in [0, 0.1) is 12.3 Å². The van der Waals surface area contributed by atoms with Crippen LogP contribution >= 0.6 is 0 Å². The van der Waals surface area contributed by atoms with Gasteiger partial charge in [-0.05, 0) is 44.5 Å². The van der Waals surface area contributed by atoms with Crippen molar-refractivity contribution in [2.45, 2.75) is 20.8 Å². The number of carbonyl (C=O) groups excluding carboxylic acids is 3. The van der Waals surface area contributed by atoms with Crippen molar-refractivity contribution in [2.24, 2.45) is 5.41 Å². The van der Waals surface area contributed by atoms with Crippen molar-refractivity contribution in [1.82, 2.24) is 0 Å². The van der Waals surface area contributed by atoms with Crippen molar-refractivity contribution >= 4 is 17.5 Å². The first-order chi connectivity index (χ1) is 10.2. The third kappa shape index (κ3) is 2.32. The molecule has 1 aromatic carbocycles. The Hall–Kier alpha value is -2.43. The molecule has 1 aliphatic rings. The quantitative estimate of drug-likeness (QED) is 0.802. The molecular weight excluding hydrogens is 284 g/mol. The summed E-state index contributed by atoms with van der Waals surface area (Å²) in [6.45, 7) is 4.92. The second-order valence-corrected chi connectivity index (χ2v) is 5.74. The highest BCUT2D eigenvalue weighted by Crippen LogP contribution is 2.36. The summed E-state index contributed by atoms with van der Waals surface area (Å²) >= 11 is 0. The average molecular weight is 302 g/mol. The van der Waals surface area contributed by atoms with Gasteiger partial charge in [-0.3, -0.25) is 14.4 Å². The van der Waals surface area contributed by atoms with E-state index in [0.717, 1.165) is 5.56 Å². The third-order valence-corrected chi connectivity index (χ3v) is 3.93. The molecular formula is C17H18O5. The molecule has 0 saturated carbocycles. The van der Waals surface area contributed by atoms with E-state index < -0.39 is 11.4 Å². The fraction of sp³-hybridized carbons (Fsp3) is 0.353. The molecule has 0 aliphatic heterocycles. The molecule has 0 aromatic heterocycles. The lowest BCUT2D eigenvalue weighted by Crippen LogP contribution is -2.34. The molecule has 0 radical (unpaired) electrons. The number of Topliss-reactive ketones (excluding diaryl/α,β-unsaturated/α-hetero) is 1.